The Morgan fingerprint density at radius 1 is 0.261 bits per heavy atom. The molecular weight excluding hydrogens is 1710 g/mol. The molecule has 0 bridgehead atoms. The molecule has 5 N–H and O–H groups in total. The zero-order valence-corrected chi connectivity index (χ0v) is 100.0. The SMILES string of the molecule is CC.CC.CC.CC.CC.CC.CC.CC.CC.CC(C)CCNC(=O)C1CCC(C)CC1.CC(C)CNC(=O)C1CCC(C)CC1.CC1CCC(C(=O)N(C)C(C)C)CC1.CC1CCC(C(=O)N(C)C)CC1.CC1CCC(C(=O)N(C)C)CC1.CC1CCC(C(=O)NC2CCC2)CC1.CC1CCC(C(=O)NCC2CC2)CC1.CCN(C)C(=O)C1CCC(C)CC1.CCNC(=O)C1CCC(C)CC1. The fourth-order valence-electron chi connectivity index (χ4n) is 18.4. The molecule has 0 radical (unpaired) electrons. The number of rotatable bonds is 20. The molecule has 0 aromatic rings. The van der Waals surface area contributed by atoms with E-state index in [2.05, 4.69) is 130 Å². The third kappa shape index (κ3) is 72.5. The lowest BCUT2D eigenvalue weighted by Gasteiger charge is -2.31. The molecule has 0 aliphatic heterocycles. The van der Waals surface area contributed by atoms with Gasteiger partial charge in [-0.25, -0.2) is 0 Å². The van der Waals surface area contributed by atoms with Crippen molar-refractivity contribution in [2.45, 2.75) is 524 Å². The van der Waals surface area contributed by atoms with E-state index in [1.54, 1.807) is 9.80 Å². The van der Waals surface area contributed by atoms with Crippen molar-refractivity contribution >= 4 is 53.2 Å². The van der Waals surface area contributed by atoms with Gasteiger partial charge in [0.1, 0.15) is 0 Å². The molecule has 18 heteroatoms. The van der Waals surface area contributed by atoms with Gasteiger partial charge in [0, 0.05) is 140 Å². The summed E-state index contributed by atoms with van der Waals surface area (Å²) in [5.41, 5.74) is 0. The van der Waals surface area contributed by atoms with Crippen LogP contribution in [0.3, 0.4) is 0 Å². The lowest BCUT2D eigenvalue weighted by molar-refractivity contribution is -0.137. The quantitative estimate of drug-likeness (QED) is 0.0780. The molecule has 0 aromatic carbocycles. The number of hydrogen-bond donors (Lipinski definition) is 5. The van der Waals surface area contributed by atoms with E-state index in [1.165, 1.54) is 148 Å². The van der Waals surface area contributed by atoms with Crippen molar-refractivity contribution in [3.05, 3.63) is 0 Å². The summed E-state index contributed by atoms with van der Waals surface area (Å²) in [6.07, 6.45) is 49.3. The van der Waals surface area contributed by atoms with Crippen LogP contribution in [0, 0.1) is 124 Å². The van der Waals surface area contributed by atoms with Gasteiger partial charge >= 0.3 is 0 Å². The van der Waals surface area contributed by atoms with Crippen molar-refractivity contribution in [2.24, 2.45) is 124 Å². The molecular formula is C120H245N9O9. The summed E-state index contributed by atoms with van der Waals surface area (Å²) in [6, 6.07) is 0.851. The first kappa shape index (κ1) is 146. The number of hydrogen-bond acceptors (Lipinski definition) is 9. The van der Waals surface area contributed by atoms with Crippen molar-refractivity contribution in [2.75, 3.05) is 75.0 Å². The second-order valence-corrected chi connectivity index (χ2v) is 42.3. The minimum atomic E-state index is 0.268. The topological polar surface area (TPSA) is 227 Å². The Morgan fingerprint density at radius 3 is 0.710 bits per heavy atom. The van der Waals surface area contributed by atoms with Crippen LogP contribution < -0.4 is 26.6 Å². The molecule has 824 valence electrons. The minimum absolute atomic E-state index is 0.268. The Hall–Kier alpha value is -4.77. The highest BCUT2D eigenvalue weighted by atomic mass is 16.2. The van der Waals surface area contributed by atoms with Gasteiger partial charge in [-0.05, 0) is 368 Å². The lowest BCUT2D eigenvalue weighted by Crippen LogP contribution is -2.43. The molecule has 11 aliphatic carbocycles. The number of carbonyl (C=O) groups is 9. The smallest absolute Gasteiger partial charge is 0.225 e. The molecule has 0 saturated heterocycles. The van der Waals surface area contributed by atoms with Crippen LogP contribution in [-0.4, -0.2) is 160 Å². The monoisotopic (exact) mass is 1960 g/mol. The highest BCUT2D eigenvalue weighted by Gasteiger charge is 2.34. The Morgan fingerprint density at radius 2 is 0.493 bits per heavy atom. The van der Waals surface area contributed by atoms with Crippen molar-refractivity contribution < 1.29 is 43.2 Å². The molecule has 0 heterocycles. The predicted molar refractivity (Wildman–Crippen MR) is 601 cm³/mol. The molecule has 9 amide bonds. The van der Waals surface area contributed by atoms with Crippen molar-refractivity contribution in [1.29, 1.82) is 0 Å². The Balaban J connectivity index is -0.000000274. The van der Waals surface area contributed by atoms with Crippen LogP contribution in [0.25, 0.3) is 0 Å². The minimum Gasteiger partial charge on any atom is -0.356 e. The van der Waals surface area contributed by atoms with E-state index in [0.29, 0.717) is 119 Å². The molecule has 11 aliphatic rings. The average Bonchev–Trinajstić information content (AvgIpc) is 1.80. The lowest BCUT2D eigenvalue weighted by atomic mass is 9.82. The number of carbonyl (C=O) groups excluding carboxylic acids is 9. The Bertz CT molecular complexity index is 2720. The molecule has 0 aromatic heterocycles. The van der Waals surface area contributed by atoms with E-state index in [-0.39, 0.29) is 11.8 Å². The summed E-state index contributed by atoms with van der Waals surface area (Å²) in [4.78, 5) is 112. The molecule has 18 nitrogen and oxygen atoms in total. The summed E-state index contributed by atoms with van der Waals surface area (Å²) in [6.45, 7) is 77.5. The summed E-state index contributed by atoms with van der Waals surface area (Å²) < 4.78 is 0. The zero-order valence-electron chi connectivity index (χ0n) is 100.0. The van der Waals surface area contributed by atoms with E-state index in [1.807, 2.05) is 191 Å². The molecule has 11 fully saturated rings. The number of nitrogens with zero attached hydrogens (tertiary/aromatic N) is 4. The maximum Gasteiger partial charge on any atom is 0.225 e. The van der Waals surface area contributed by atoms with E-state index in [4.69, 9.17) is 0 Å². The average molecular weight is 1960 g/mol. The van der Waals surface area contributed by atoms with Gasteiger partial charge in [-0.2, -0.15) is 0 Å². The standard InChI is InChI=1S/C13H25NO.2C12H21NO.2C12H23NO.C11H21NO.3C10H19NO.9C2H6/c1-10(2)8-9-14-13(15)12-6-4-11(3)5-7-12;1-9-2-6-11(7-3-9)12(14)13-8-10-4-5-10;1-9-5-7-10(8-6-9)12(14)13-11-3-2-4-11;1-9(2)13(4)12(14)11-7-5-10(3)6-8-11;1-9(2)8-13-12(14)11-6-4-10(3)5-7-11;1-4-12(3)11(13)10-7-5-9(2)6-8-10;2*1-8-4-6-9(7-5-8)10(12)11(2)3;1-3-11-10(12)9-6-4-8(2)5-7-9;9*1-2/h10-12H,4-9H2,1-3H3,(H,14,15);2*9-11H,2-8H2,1H3,(H,13,14);9-11H,5-8H2,1-4H3;9-11H,4-8H2,1-3H3,(H,13,14);9-10H,4-8H2,1-3H3;2*8-9H,4-7H2,1-3H3;8-9H,3-7H2,1-2H3,(H,11,12);9*1-2H3. The normalized spacial score (nSPS) is 26.1. The van der Waals surface area contributed by atoms with Gasteiger partial charge in [0.15, 0.2) is 0 Å². The van der Waals surface area contributed by atoms with Crippen molar-refractivity contribution in [1.82, 2.24) is 46.2 Å². The first-order valence-electron chi connectivity index (χ1n) is 59.2. The van der Waals surface area contributed by atoms with Gasteiger partial charge in [-0.15, -0.1) is 0 Å². The molecule has 0 unspecified atom stereocenters. The van der Waals surface area contributed by atoms with Gasteiger partial charge in [0.2, 0.25) is 53.2 Å². The molecule has 0 atom stereocenters. The van der Waals surface area contributed by atoms with E-state index in [9.17, 15) is 43.2 Å². The highest BCUT2D eigenvalue weighted by molar-refractivity contribution is 5.82. The fourth-order valence-corrected chi connectivity index (χ4v) is 18.4. The maximum absolute atomic E-state index is 12.0. The third-order valence-electron chi connectivity index (χ3n) is 29.0. The van der Waals surface area contributed by atoms with Crippen molar-refractivity contribution in [3.8, 4) is 0 Å². The second-order valence-electron chi connectivity index (χ2n) is 42.3. The first-order valence-corrected chi connectivity index (χ1v) is 59.2. The van der Waals surface area contributed by atoms with E-state index < -0.39 is 0 Å². The Labute approximate surface area is 860 Å². The highest BCUT2D eigenvalue weighted by Crippen LogP contribution is 2.37. The molecule has 0 spiro atoms. The second kappa shape index (κ2) is 94.5. The largest absolute Gasteiger partial charge is 0.356 e. The molecule has 11 rings (SSSR count). The van der Waals surface area contributed by atoms with Gasteiger partial charge in [0.25, 0.3) is 0 Å². The van der Waals surface area contributed by atoms with Crippen LogP contribution in [-0.2, 0) is 43.2 Å². The molecule has 11 saturated carbocycles. The summed E-state index contributed by atoms with van der Waals surface area (Å²) in [7, 11) is 11.2. The maximum atomic E-state index is 12.0. The van der Waals surface area contributed by atoms with E-state index in [0.717, 1.165) is 214 Å². The van der Waals surface area contributed by atoms with Crippen LogP contribution in [0.1, 0.15) is 512 Å². The Kier molecular flexibility index (Phi) is 100. The summed E-state index contributed by atoms with van der Waals surface area (Å²) in [5.74, 6) is 15.2. The first-order chi connectivity index (χ1) is 65.8. The van der Waals surface area contributed by atoms with Crippen LogP contribution in [0.2, 0.25) is 0 Å². The summed E-state index contributed by atoms with van der Waals surface area (Å²) >= 11 is 0. The van der Waals surface area contributed by atoms with Gasteiger partial charge < -0.3 is 46.2 Å². The number of amides is 9. The van der Waals surface area contributed by atoms with E-state index >= 15 is 0 Å². The third-order valence-corrected chi connectivity index (χ3v) is 29.0. The molecule has 138 heavy (non-hydrogen) atoms. The zero-order chi connectivity index (χ0) is 108. The van der Waals surface area contributed by atoms with Crippen LogP contribution in [0.5, 0.6) is 0 Å². The number of nitrogens with one attached hydrogen (secondary N) is 5. The van der Waals surface area contributed by atoms with Crippen molar-refractivity contribution in [3.63, 3.8) is 0 Å². The predicted octanol–water partition coefficient (Wildman–Crippen LogP) is 30.3. The van der Waals surface area contributed by atoms with Gasteiger partial charge in [-0.3, -0.25) is 43.2 Å². The van der Waals surface area contributed by atoms with Gasteiger partial charge in [0.05, 0.1) is 0 Å². The van der Waals surface area contributed by atoms with Gasteiger partial charge in [-0.1, -0.05) is 215 Å². The fraction of sp³-hybridized carbons (Fsp3) is 0.925. The van der Waals surface area contributed by atoms with Crippen LogP contribution in [0.15, 0.2) is 0 Å². The van der Waals surface area contributed by atoms with Crippen LogP contribution >= 0.6 is 0 Å². The summed E-state index contributed by atoms with van der Waals surface area (Å²) in [5, 5.41) is 15.2. The van der Waals surface area contributed by atoms with Crippen LogP contribution in [0.4, 0.5) is 0 Å².